The van der Waals surface area contributed by atoms with Crippen LogP contribution in [0.2, 0.25) is 0 Å². The second-order valence-electron chi connectivity index (χ2n) is 8.36. The Hall–Kier alpha value is -4.50. The van der Waals surface area contributed by atoms with Crippen LogP contribution >= 0.6 is 0 Å². The van der Waals surface area contributed by atoms with E-state index >= 15 is 0 Å². The van der Waals surface area contributed by atoms with Crippen LogP contribution in [-0.4, -0.2) is 14.2 Å². The zero-order chi connectivity index (χ0) is 24.0. The SMILES string of the molecule is COc1ccc(N(C)c2ccc(N(c3ccccc3)c3cccc(-c4ccccc4)c3)cc2)cc1. The van der Waals surface area contributed by atoms with E-state index < -0.39 is 0 Å². The maximum Gasteiger partial charge on any atom is 0.119 e. The first-order chi connectivity index (χ1) is 17.2. The van der Waals surface area contributed by atoms with Crippen molar-refractivity contribution in [3.05, 3.63) is 133 Å². The Bertz CT molecular complexity index is 1370. The molecule has 172 valence electrons. The van der Waals surface area contributed by atoms with Crippen LogP contribution in [0.3, 0.4) is 0 Å². The topological polar surface area (TPSA) is 15.7 Å². The lowest BCUT2D eigenvalue weighted by Crippen LogP contribution is -2.12. The first kappa shape index (κ1) is 22.3. The summed E-state index contributed by atoms with van der Waals surface area (Å²) >= 11 is 0. The Morgan fingerprint density at radius 2 is 0.943 bits per heavy atom. The predicted octanol–water partition coefficient (Wildman–Crippen LogP) is 8.60. The summed E-state index contributed by atoms with van der Waals surface area (Å²) in [6, 6.07) is 46.5. The molecule has 0 aromatic heterocycles. The molecule has 0 saturated carbocycles. The molecule has 0 fully saturated rings. The van der Waals surface area contributed by atoms with Crippen LogP contribution in [0.25, 0.3) is 11.1 Å². The van der Waals surface area contributed by atoms with E-state index in [1.54, 1.807) is 7.11 Å². The zero-order valence-electron chi connectivity index (χ0n) is 20.0. The van der Waals surface area contributed by atoms with E-state index in [0.717, 1.165) is 34.2 Å². The first-order valence-electron chi connectivity index (χ1n) is 11.7. The van der Waals surface area contributed by atoms with Crippen molar-refractivity contribution in [2.24, 2.45) is 0 Å². The molecule has 5 aromatic rings. The smallest absolute Gasteiger partial charge is 0.119 e. The zero-order valence-corrected chi connectivity index (χ0v) is 20.0. The molecule has 0 saturated heterocycles. The van der Waals surface area contributed by atoms with Gasteiger partial charge in [-0.05, 0) is 83.9 Å². The molecule has 0 bridgehead atoms. The first-order valence-corrected chi connectivity index (χ1v) is 11.7. The highest BCUT2D eigenvalue weighted by Crippen LogP contribution is 2.37. The molecule has 0 amide bonds. The van der Waals surface area contributed by atoms with Crippen molar-refractivity contribution < 1.29 is 4.74 Å². The van der Waals surface area contributed by atoms with Crippen LogP contribution in [0.1, 0.15) is 0 Å². The third-order valence-corrected chi connectivity index (χ3v) is 6.18. The van der Waals surface area contributed by atoms with Gasteiger partial charge in [-0.1, -0.05) is 60.7 Å². The van der Waals surface area contributed by atoms with Crippen LogP contribution in [0, 0.1) is 0 Å². The fourth-order valence-electron chi connectivity index (χ4n) is 4.26. The van der Waals surface area contributed by atoms with Crippen molar-refractivity contribution in [1.29, 1.82) is 0 Å². The van der Waals surface area contributed by atoms with Crippen molar-refractivity contribution in [3.8, 4) is 16.9 Å². The number of para-hydroxylation sites is 1. The van der Waals surface area contributed by atoms with E-state index in [1.807, 2.05) is 18.2 Å². The van der Waals surface area contributed by atoms with Crippen molar-refractivity contribution in [2.45, 2.75) is 0 Å². The molecular weight excluding hydrogens is 428 g/mol. The number of rotatable bonds is 7. The molecule has 5 aromatic carbocycles. The molecule has 3 heteroatoms. The number of hydrogen-bond acceptors (Lipinski definition) is 3. The quantitative estimate of drug-likeness (QED) is 0.244. The Morgan fingerprint density at radius 3 is 1.57 bits per heavy atom. The van der Waals surface area contributed by atoms with Gasteiger partial charge in [0.05, 0.1) is 7.11 Å². The highest BCUT2D eigenvalue weighted by molar-refractivity contribution is 5.80. The summed E-state index contributed by atoms with van der Waals surface area (Å²) in [4.78, 5) is 4.47. The molecule has 0 aliphatic carbocycles. The van der Waals surface area contributed by atoms with E-state index in [-0.39, 0.29) is 0 Å². The average Bonchev–Trinajstić information content (AvgIpc) is 2.94. The molecule has 0 unspecified atom stereocenters. The Morgan fingerprint density at radius 1 is 0.457 bits per heavy atom. The average molecular weight is 457 g/mol. The summed E-state index contributed by atoms with van der Waals surface area (Å²) in [5, 5.41) is 0. The molecule has 0 aliphatic heterocycles. The van der Waals surface area contributed by atoms with Gasteiger partial charge in [-0.2, -0.15) is 0 Å². The fraction of sp³-hybridized carbons (Fsp3) is 0.0625. The summed E-state index contributed by atoms with van der Waals surface area (Å²) in [6.07, 6.45) is 0. The second-order valence-corrected chi connectivity index (χ2v) is 8.36. The Kier molecular flexibility index (Phi) is 6.49. The molecule has 3 nitrogen and oxygen atoms in total. The van der Waals surface area contributed by atoms with Crippen molar-refractivity contribution >= 4 is 28.4 Å². The van der Waals surface area contributed by atoms with E-state index in [4.69, 9.17) is 4.74 Å². The second kappa shape index (κ2) is 10.2. The van der Waals surface area contributed by atoms with E-state index in [9.17, 15) is 0 Å². The van der Waals surface area contributed by atoms with Gasteiger partial charge in [0.2, 0.25) is 0 Å². The molecule has 0 atom stereocenters. The molecule has 5 rings (SSSR count). The predicted molar refractivity (Wildman–Crippen MR) is 148 cm³/mol. The minimum atomic E-state index is 0.855. The van der Waals surface area contributed by atoms with Gasteiger partial charge >= 0.3 is 0 Å². The van der Waals surface area contributed by atoms with Gasteiger partial charge in [0.25, 0.3) is 0 Å². The maximum absolute atomic E-state index is 5.29. The number of hydrogen-bond donors (Lipinski definition) is 0. The van der Waals surface area contributed by atoms with Gasteiger partial charge in [-0.3, -0.25) is 0 Å². The van der Waals surface area contributed by atoms with Gasteiger partial charge in [0.1, 0.15) is 5.75 Å². The maximum atomic E-state index is 5.29. The van der Waals surface area contributed by atoms with E-state index in [2.05, 4.69) is 132 Å². The lowest BCUT2D eigenvalue weighted by molar-refractivity contribution is 0.415. The van der Waals surface area contributed by atoms with Crippen LogP contribution in [0.15, 0.2) is 133 Å². The number of anilines is 5. The molecule has 0 heterocycles. The number of methoxy groups -OCH3 is 1. The van der Waals surface area contributed by atoms with Crippen LogP contribution < -0.4 is 14.5 Å². The summed E-state index contributed by atoms with van der Waals surface area (Å²) in [6.45, 7) is 0. The lowest BCUT2D eigenvalue weighted by atomic mass is 10.0. The van der Waals surface area contributed by atoms with Gasteiger partial charge in [0, 0.05) is 35.5 Å². The summed E-state index contributed by atoms with van der Waals surface area (Å²) in [5.41, 5.74) is 7.97. The molecular formula is C32H28N2O. The van der Waals surface area contributed by atoms with Crippen LogP contribution in [-0.2, 0) is 0 Å². The molecule has 0 N–H and O–H groups in total. The third kappa shape index (κ3) is 4.90. The van der Waals surface area contributed by atoms with Gasteiger partial charge in [-0.15, -0.1) is 0 Å². The van der Waals surface area contributed by atoms with Crippen LogP contribution in [0.5, 0.6) is 5.75 Å². The third-order valence-electron chi connectivity index (χ3n) is 6.18. The normalized spacial score (nSPS) is 10.6. The van der Waals surface area contributed by atoms with Crippen molar-refractivity contribution in [2.75, 3.05) is 24.0 Å². The summed E-state index contributed by atoms with van der Waals surface area (Å²) in [5.74, 6) is 0.855. The number of ether oxygens (including phenoxy) is 1. The Labute approximate surface area is 207 Å². The van der Waals surface area contributed by atoms with Gasteiger partial charge in [-0.25, -0.2) is 0 Å². The Balaban J connectivity index is 1.50. The number of nitrogens with zero attached hydrogens (tertiary/aromatic N) is 2. The fourth-order valence-corrected chi connectivity index (χ4v) is 4.26. The monoisotopic (exact) mass is 456 g/mol. The van der Waals surface area contributed by atoms with Crippen LogP contribution in [0.4, 0.5) is 28.4 Å². The minimum Gasteiger partial charge on any atom is -0.497 e. The van der Waals surface area contributed by atoms with Gasteiger partial charge in [0.15, 0.2) is 0 Å². The van der Waals surface area contributed by atoms with Crippen molar-refractivity contribution in [3.63, 3.8) is 0 Å². The van der Waals surface area contributed by atoms with Gasteiger partial charge < -0.3 is 14.5 Å². The highest BCUT2D eigenvalue weighted by atomic mass is 16.5. The largest absolute Gasteiger partial charge is 0.497 e. The molecule has 0 radical (unpaired) electrons. The summed E-state index contributed by atoms with van der Waals surface area (Å²) in [7, 11) is 3.76. The lowest BCUT2D eigenvalue weighted by Gasteiger charge is -2.27. The van der Waals surface area contributed by atoms with E-state index in [0.29, 0.717) is 0 Å². The van der Waals surface area contributed by atoms with E-state index in [1.165, 1.54) is 11.1 Å². The molecule has 0 aliphatic rings. The molecule has 35 heavy (non-hydrogen) atoms. The number of benzene rings is 5. The standard InChI is InChI=1S/C32H28N2O/c1-33(28-20-22-32(35-2)23-21-28)27-16-18-30(19-17-27)34(29-13-7-4-8-14-29)31-15-9-12-26(24-31)25-10-5-3-6-11-25/h3-24H,1-2H3. The summed E-state index contributed by atoms with van der Waals surface area (Å²) < 4.78 is 5.29. The van der Waals surface area contributed by atoms with Crippen molar-refractivity contribution in [1.82, 2.24) is 0 Å². The minimum absolute atomic E-state index is 0.855. The highest BCUT2D eigenvalue weighted by Gasteiger charge is 2.14. The molecule has 0 spiro atoms.